The van der Waals surface area contributed by atoms with E-state index in [1.165, 1.54) is 29.2 Å². The van der Waals surface area contributed by atoms with Gasteiger partial charge >= 0.3 is 11.8 Å². The van der Waals surface area contributed by atoms with Crippen molar-refractivity contribution in [2.24, 2.45) is 10.9 Å². The van der Waals surface area contributed by atoms with Crippen LogP contribution in [0.15, 0.2) is 29.2 Å². The lowest BCUT2D eigenvalue weighted by molar-refractivity contribution is -0.147. The number of nitrogens with two attached hydrogens (primary N) is 2. The molecule has 5 N–H and O–H groups in total. The minimum atomic E-state index is -3.75. The van der Waals surface area contributed by atoms with Crippen LogP contribution in [0.25, 0.3) is 0 Å². The Balaban J connectivity index is 1.83. The molecule has 138 valence electrons. The Morgan fingerprint density at radius 3 is 2.20 bits per heavy atom. The highest BCUT2D eigenvalue weighted by Crippen LogP contribution is 2.08. The van der Waals surface area contributed by atoms with Crippen LogP contribution in [0.2, 0.25) is 0 Å². The zero-order valence-electron chi connectivity index (χ0n) is 13.8. The molecule has 2 rings (SSSR count). The summed E-state index contributed by atoms with van der Waals surface area (Å²) in [5.74, 6) is -1.24. The second-order valence-corrected chi connectivity index (χ2v) is 7.36. The summed E-state index contributed by atoms with van der Waals surface area (Å²) in [6, 6.07) is 5.79. The standard InChI is InChI=1S/C15H23N5O4S/c16-5-6-19-7-9-20(10-8-19)15(22)14(21)18-11-12-1-3-13(4-2-12)25(17,23)24/h1-4H,5-11,16H2,(H,18,21)(H2,17,23,24). The second kappa shape index (κ2) is 8.39. The summed E-state index contributed by atoms with van der Waals surface area (Å²) in [4.78, 5) is 27.8. The first-order chi connectivity index (χ1) is 11.8. The van der Waals surface area contributed by atoms with Gasteiger partial charge in [-0.2, -0.15) is 0 Å². The van der Waals surface area contributed by atoms with Crippen LogP contribution in [0.4, 0.5) is 0 Å². The third-order valence-corrected chi connectivity index (χ3v) is 4.93. The van der Waals surface area contributed by atoms with Gasteiger partial charge in [0.15, 0.2) is 0 Å². The number of carbonyl (C=O) groups is 2. The number of piperazine rings is 1. The van der Waals surface area contributed by atoms with Crippen LogP contribution in [0.5, 0.6) is 0 Å². The van der Waals surface area contributed by atoms with Crippen LogP contribution < -0.4 is 16.2 Å². The molecule has 0 spiro atoms. The van der Waals surface area contributed by atoms with Gasteiger partial charge in [-0.05, 0) is 17.7 Å². The summed E-state index contributed by atoms with van der Waals surface area (Å²) in [7, 11) is -3.75. The van der Waals surface area contributed by atoms with E-state index in [0.29, 0.717) is 38.3 Å². The number of nitrogens with zero attached hydrogens (tertiary/aromatic N) is 2. The molecule has 1 aromatic rings. The van der Waals surface area contributed by atoms with Crippen molar-refractivity contribution in [3.63, 3.8) is 0 Å². The number of rotatable bonds is 5. The minimum Gasteiger partial charge on any atom is -0.344 e. The van der Waals surface area contributed by atoms with Crippen molar-refractivity contribution in [1.29, 1.82) is 0 Å². The normalized spacial score (nSPS) is 15.8. The van der Waals surface area contributed by atoms with Crippen molar-refractivity contribution in [3.05, 3.63) is 29.8 Å². The van der Waals surface area contributed by atoms with Gasteiger partial charge in [0.25, 0.3) is 0 Å². The molecule has 0 saturated carbocycles. The van der Waals surface area contributed by atoms with Crippen molar-refractivity contribution in [2.75, 3.05) is 39.3 Å². The van der Waals surface area contributed by atoms with Gasteiger partial charge in [-0.1, -0.05) is 12.1 Å². The Bertz CT molecular complexity index is 712. The summed E-state index contributed by atoms with van der Waals surface area (Å²) in [6.07, 6.45) is 0. The fourth-order valence-corrected chi connectivity index (χ4v) is 3.07. The van der Waals surface area contributed by atoms with E-state index in [0.717, 1.165) is 6.54 Å². The smallest absolute Gasteiger partial charge is 0.311 e. The molecule has 1 saturated heterocycles. The number of hydrogen-bond donors (Lipinski definition) is 3. The maximum Gasteiger partial charge on any atom is 0.311 e. The molecule has 2 amide bonds. The summed E-state index contributed by atoms with van der Waals surface area (Å²) in [5.41, 5.74) is 6.17. The highest BCUT2D eigenvalue weighted by Gasteiger charge is 2.25. The molecule has 0 atom stereocenters. The van der Waals surface area contributed by atoms with Crippen molar-refractivity contribution < 1.29 is 18.0 Å². The van der Waals surface area contributed by atoms with Crippen molar-refractivity contribution in [1.82, 2.24) is 15.1 Å². The first-order valence-corrected chi connectivity index (χ1v) is 9.47. The van der Waals surface area contributed by atoms with Gasteiger partial charge in [0.1, 0.15) is 0 Å². The Hall–Kier alpha value is -2.01. The van der Waals surface area contributed by atoms with E-state index in [9.17, 15) is 18.0 Å². The maximum atomic E-state index is 12.1. The molecule has 25 heavy (non-hydrogen) atoms. The molecule has 1 aromatic carbocycles. The van der Waals surface area contributed by atoms with Gasteiger partial charge in [0, 0.05) is 45.8 Å². The molecule has 1 fully saturated rings. The lowest BCUT2D eigenvalue weighted by atomic mass is 10.2. The van der Waals surface area contributed by atoms with Crippen LogP contribution in [-0.2, 0) is 26.2 Å². The van der Waals surface area contributed by atoms with E-state index in [1.807, 2.05) is 0 Å². The number of amides is 2. The third-order valence-electron chi connectivity index (χ3n) is 4.00. The zero-order chi connectivity index (χ0) is 18.4. The molecular formula is C15H23N5O4S. The van der Waals surface area contributed by atoms with E-state index in [4.69, 9.17) is 10.9 Å². The molecule has 1 aliphatic rings. The molecule has 0 aromatic heterocycles. The molecule has 10 heteroatoms. The van der Waals surface area contributed by atoms with Gasteiger partial charge in [-0.25, -0.2) is 13.6 Å². The van der Waals surface area contributed by atoms with E-state index in [-0.39, 0.29) is 11.4 Å². The lowest BCUT2D eigenvalue weighted by Gasteiger charge is -2.34. The third kappa shape index (κ3) is 5.49. The molecule has 1 aliphatic heterocycles. The topological polar surface area (TPSA) is 139 Å². The van der Waals surface area contributed by atoms with Crippen molar-refractivity contribution in [3.8, 4) is 0 Å². The number of sulfonamides is 1. The number of primary sulfonamides is 1. The van der Waals surface area contributed by atoms with Gasteiger partial charge in [0.2, 0.25) is 10.0 Å². The maximum absolute atomic E-state index is 12.1. The van der Waals surface area contributed by atoms with Gasteiger partial charge in [-0.3, -0.25) is 14.5 Å². The summed E-state index contributed by atoms with van der Waals surface area (Å²) >= 11 is 0. The fraction of sp³-hybridized carbons (Fsp3) is 0.467. The van der Waals surface area contributed by atoms with E-state index < -0.39 is 21.8 Å². The monoisotopic (exact) mass is 369 g/mol. The highest BCUT2D eigenvalue weighted by atomic mass is 32.2. The molecule has 0 radical (unpaired) electrons. The Morgan fingerprint density at radius 1 is 1.08 bits per heavy atom. The summed E-state index contributed by atoms with van der Waals surface area (Å²) in [6.45, 7) is 3.87. The quantitative estimate of drug-likeness (QED) is 0.516. The lowest BCUT2D eigenvalue weighted by Crippen LogP contribution is -2.53. The van der Waals surface area contributed by atoms with E-state index in [1.54, 1.807) is 0 Å². The molecule has 0 aliphatic carbocycles. The largest absolute Gasteiger partial charge is 0.344 e. The van der Waals surface area contributed by atoms with Crippen LogP contribution in [0.1, 0.15) is 5.56 Å². The van der Waals surface area contributed by atoms with Crippen LogP contribution in [0.3, 0.4) is 0 Å². The van der Waals surface area contributed by atoms with Gasteiger partial charge < -0.3 is 16.0 Å². The average molecular weight is 369 g/mol. The van der Waals surface area contributed by atoms with Crippen LogP contribution in [-0.4, -0.2) is 69.3 Å². The van der Waals surface area contributed by atoms with Crippen molar-refractivity contribution in [2.45, 2.75) is 11.4 Å². The molecule has 9 nitrogen and oxygen atoms in total. The molecule has 0 bridgehead atoms. The summed E-state index contributed by atoms with van der Waals surface area (Å²) in [5, 5.41) is 7.57. The minimum absolute atomic E-state index is 0.00555. The number of carbonyl (C=O) groups excluding carboxylic acids is 2. The molecule has 1 heterocycles. The van der Waals surface area contributed by atoms with E-state index in [2.05, 4.69) is 10.2 Å². The predicted octanol–water partition coefficient (Wildman–Crippen LogP) is -1.95. The Morgan fingerprint density at radius 2 is 1.68 bits per heavy atom. The first-order valence-electron chi connectivity index (χ1n) is 7.92. The van der Waals surface area contributed by atoms with Crippen LogP contribution >= 0.6 is 0 Å². The van der Waals surface area contributed by atoms with Crippen LogP contribution in [0, 0.1) is 0 Å². The van der Waals surface area contributed by atoms with Gasteiger partial charge in [0.05, 0.1) is 4.90 Å². The SMILES string of the molecule is NCCN1CCN(C(=O)C(=O)NCc2ccc(S(N)(=O)=O)cc2)CC1. The van der Waals surface area contributed by atoms with Gasteiger partial charge in [-0.15, -0.1) is 0 Å². The first kappa shape index (κ1) is 19.3. The number of nitrogens with one attached hydrogen (secondary N) is 1. The molecular weight excluding hydrogens is 346 g/mol. The number of benzene rings is 1. The fourth-order valence-electron chi connectivity index (χ4n) is 2.56. The Labute approximate surface area is 147 Å². The van der Waals surface area contributed by atoms with E-state index >= 15 is 0 Å². The second-order valence-electron chi connectivity index (χ2n) is 5.79. The predicted molar refractivity (Wildman–Crippen MR) is 91.7 cm³/mol. The summed E-state index contributed by atoms with van der Waals surface area (Å²) < 4.78 is 22.4. The average Bonchev–Trinajstić information content (AvgIpc) is 2.59. The zero-order valence-corrected chi connectivity index (χ0v) is 14.7. The Kier molecular flexibility index (Phi) is 6.48. The molecule has 0 unspecified atom stereocenters. The highest BCUT2D eigenvalue weighted by molar-refractivity contribution is 7.89. The van der Waals surface area contributed by atoms with Crippen molar-refractivity contribution >= 4 is 21.8 Å². The number of hydrogen-bond acceptors (Lipinski definition) is 6.